The summed E-state index contributed by atoms with van der Waals surface area (Å²) in [6, 6.07) is 0.838. The Morgan fingerprint density at radius 3 is 2.65 bits per heavy atom. The number of rotatable bonds is 5. The van der Waals surface area contributed by atoms with Crippen LogP contribution in [0.4, 0.5) is 4.79 Å². The predicted octanol–water partition coefficient (Wildman–Crippen LogP) is 1.23. The highest BCUT2D eigenvalue weighted by Gasteiger charge is 2.24. The molecule has 1 amide bonds. The maximum atomic E-state index is 11.5. The van der Waals surface area contributed by atoms with Crippen LogP contribution in [0.2, 0.25) is 0 Å². The maximum absolute atomic E-state index is 11.5. The number of amides is 1. The number of methoxy groups -OCH3 is 1. The fourth-order valence-electron chi connectivity index (χ4n) is 2.14. The molecule has 0 aromatic carbocycles. The van der Waals surface area contributed by atoms with Crippen molar-refractivity contribution in [2.75, 3.05) is 33.4 Å². The smallest absolute Gasteiger partial charge is 0.409 e. The molecule has 5 nitrogen and oxygen atoms in total. The summed E-state index contributed by atoms with van der Waals surface area (Å²) in [6.45, 7) is 6.66. The molecule has 1 atom stereocenters. The van der Waals surface area contributed by atoms with Crippen LogP contribution < -0.4 is 5.32 Å². The maximum Gasteiger partial charge on any atom is 0.409 e. The van der Waals surface area contributed by atoms with Crippen LogP contribution >= 0.6 is 0 Å². The molecule has 0 saturated carbocycles. The van der Waals surface area contributed by atoms with E-state index in [2.05, 4.69) is 12.2 Å². The van der Waals surface area contributed by atoms with E-state index >= 15 is 0 Å². The minimum absolute atomic E-state index is 0.184. The second kappa shape index (κ2) is 7.50. The molecule has 0 bridgehead atoms. The standard InChI is InChI=1S/C12H24N2O3/c1-4-17-12(15)14-7-5-11(6-8-14)13-10(2)9-16-3/h10-11,13H,4-9H2,1-3H3/t10-/m0/s1. The molecular formula is C12H24N2O3. The van der Waals surface area contributed by atoms with E-state index in [0.29, 0.717) is 18.7 Å². The highest BCUT2D eigenvalue weighted by molar-refractivity contribution is 5.67. The van der Waals surface area contributed by atoms with Crippen LogP contribution in [0, 0.1) is 0 Å². The molecule has 1 aliphatic heterocycles. The van der Waals surface area contributed by atoms with Gasteiger partial charge in [-0.2, -0.15) is 0 Å². The molecule has 1 heterocycles. The van der Waals surface area contributed by atoms with Crippen molar-refractivity contribution in [3.05, 3.63) is 0 Å². The van der Waals surface area contributed by atoms with E-state index in [1.165, 1.54) is 0 Å². The predicted molar refractivity (Wildman–Crippen MR) is 66.1 cm³/mol. The first-order chi connectivity index (χ1) is 8.17. The Kier molecular flexibility index (Phi) is 6.29. The lowest BCUT2D eigenvalue weighted by Crippen LogP contribution is -2.48. The lowest BCUT2D eigenvalue weighted by atomic mass is 10.0. The van der Waals surface area contributed by atoms with Gasteiger partial charge in [0.05, 0.1) is 13.2 Å². The summed E-state index contributed by atoms with van der Waals surface area (Å²) in [5.41, 5.74) is 0. The fourth-order valence-corrected chi connectivity index (χ4v) is 2.14. The minimum Gasteiger partial charge on any atom is -0.450 e. The molecule has 0 spiro atoms. The van der Waals surface area contributed by atoms with Gasteiger partial charge in [0.2, 0.25) is 0 Å². The van der Waals surface area contributed by atoms with Crippen LogP contribution in [0.25, 0.3) is 0 Å². The third-order valence-corrected chi connectivity index (χ3v) is 2.96. The van der Waals surface area contributed by atoms with Crippen molar-refractivity contribution in [1.82, 2.24) is 10.2 Å². The molecule has 0 aromatic rings. The molecule has 0 aliphatic carbocycles. The first-order valence-corrected chi connectivity index (χ1v) is 6.34. The van der Waals surface area contributed by atoms with Gasteiger partial charge in [0.25, 0.3) is 0 Å². The molecule has 17 heavy (non-hydrogen) atoms. The van der Waals surface area contributed by atoms with E-state index in [0.717, 1.165) is 32.5 Å². The lowest BCUT2D eigenvalue weighted by molar-refractivity contribution is 0.0921. The van der Waals surface area contributed by atoms with Gasteiger partial charge in [-0.15, -0.1) is 0 Å². The molecule has 1 rings (SSSR count). The van der Waals surface area contributed by atoms with Gasteiger partial charge in [0, 0.05) is 32.3 Å². The number of nitrogens with one attached hydrogen (secondary N) is 1. The molecule has 0 radical (unpaired) electrons. The average molecular weight is 244 g/mol. The summed E-state index contributed by atoms with van der Waals surface area (Å²) in [7, 11) is 1.71. The van der Waals surface area contributed by atoms with Crippen LogP contribution in [0.15, 0.2) is 0 Å². The van der Waals surface area contributed by atoms with E-state index in [9.17, 15) is 4.79 Å². The van der Waals surface area contributed by atoms with Gasteiger partial charge < -0.3 is 19.7 Å². The molecular weight excluding hydrogens is 220 g/mol. The molecule has 1 N–H and O–H groups in total. The van der Waals surface area contributed by atoms with Crippen LogP contribution in [0.3, 0.4) is 0 Å². The van der Waals surface area contributed by atoms with Crippen LogP contribution in [0.1, 0.15) is 26.7 Å². The van der Waals surface area contributed by atoms with Gasteiger partial charge in [0.15, 0.2) is 0 Å². The van der Waals surface area contributed by atoms with Crippen molar-refractivity contribution in [1.29, 1.82) is 0 Å². The number of hydrogen-bond acceptors (Lipinski definition) is 4. The van der Waals surface area contributed by atoms with E-state index in [-0.39, 0.29) is 6.09 Å². The first-order valence-electron chi connectivity index (χ1n) is 6.34. The molecule has 1 fully saturated rings. The zero-order valence-electron chi connectivity index (χ0n) is 11.1. The highest BCUT2D eigenvalue weighted by atomic mass is 16.6. The van der Waals surface area contributed by atoms with Gasteiger partial charge in [-0.3, -0.25) is 0 Å². The quantitative estimate of drug-likeness (QED) is 0.790. The van der Waals surface area contributed by atoms with Crippen molar-refractivity contribution >= 4 is 6.09 Å². The molecule has 0 aromatic heterocycles. The summed E-state index contributed by atoms with van der Waals surface area (Å²) in [6.07, 6.45) is 1.77. The van der Waals surface area contributed by atoms with E-state index in [1.807, 2.05) is 6.92 Å². The Morgan fingerprint density at radius 1 is 1.47 bits per heavy atom. The Hall–Kier alpha value is -0.810. The van der Waals surface area contributed by atoms with E-state index in [4.69, 9.17) is 9.47 Å². The largest absolute Gasteiger partial charge is 0.450 e. The SMILES string of the molecule is CCOC(=O)N1CCC(N[C@@H](C)COC)CC1. The summed E-state index contributed by atoms with van der Waals surface area (Å²) in [5, 5.41) is 3.51. The normalized spacial score (nSPS) is 19.1. The number of nitrogens with zero attached hydrogens (tertiary/aromatic N) is 1. The number of piperidine rings is 1. The molecule has 1 saturated heterocycles. The summed E-state index contributed by atoms with van der Waals surface area (Å²) in [4.78, 5) is 13.3. The van der Waals surface area contributed by atoms with Crippen molar-refractivity contribution in [2.24, 2.45) is 0 Å². The van der Waals surface area contributed by atoms with Crippen LogP contribution in [-0.4, -0.2) is 56.5 Å². The van der Waals surface area contributed by atoms with Crippen LogP contribution in [-0.2, 0) is 9.47 Å². The van der Waals surface area contributed by atoms with Gasteiger partial charge in [0.1, 0.15) is 0 Å². The van der Waals surface area contributed by atoms with Crippen molar-refractivity contribution in [2.45, 2.75) is 38.8 Å². The topological polar surface area (TPSA) is 50.8 Å². The number of hydrogen-bond donors (Lipinski definition) is 1. The van der Waals surface area contributed by atoms with Gasteiger partial charge in [-0.1, -0.05) is 0 Å². The average Bonchev–Trinajstić information content (AvgIpc) is 2.30. The molecule has 100 valence electrons. The van der Waals surface area contributed by atoms with Crippen molar-refractivity contribution in [3.8, 4) is 0 Å². The van der Waals surface area contributed by atoms with Crippen LogP contribution in [0.5, 0.6) is 0 Å². The van der Waals surface area contributed by atoms with Gasteiger partial charge in [-0.25, -0.2) is 4.79 Å². The number of carbonyl (C=O) groups is 1. The zero-order chi connectivity index (χ0) is 12.7. The highest BCUT2D eigenvalue weighted by Crippen LogP contribution is 2.12. The monoisotopic (exact) mass is 244 g/mol. The number of ether oxygens (including phenoxy) is 2. The Morgan fingerprint density at radius 2 is 2.12 bits per heavy atom. The second-order valence-electron chi connectivity index (χ2n) is 4.48. The van der Waals surface area contributed by atoms with Crippen molar-refractivity contribution in [3.63, 3.8) is 0 Å². The molecule has 5 heteroatoms. The fraction of sp³-hybridized carbons (Fsp3) is 0.917. The Bertz CT molecular complexity index is 228. The molecule has 1 aliphatic rings. The third kappa shape index (κ3) is 4.91. The Balaban J connectivity index is 2.23. The number of likely N-dealkylation sites (tertiary alicyclic amines) is 1. The third-order valence-electron chi connectivity index (χ3n) is 2.96. The zero-order valence-corrected chi connectivity index (χ0v) is 11.1. The van der Waals surface area contributed by atoms with Gasteiger partial charge >= 0.3 is 6.09 Å². The van der Waals surface area contributed by atoms with Crippen molar-refractivity contribution < 1.29 is 14.3 Å². The van der Waals surface area contributed by atoms with E-state index < -0.39 is 0 Å². The summed E-state index contributed by atoms with van der Waals surface area (Å²) < 4.78 is 10.1. The number of carbonyl (C=O) groups excluding carboxylic acids is 1. The first kappa shape index (κ1) is 14.3. The molecule has 0 unspecified atom stereocenters. The summed E-state index contributed by atoms with van der Waals surface area (Å²) in [5.74, 6) is 0. The van der Waals surface area contributed by atoms with Gasteiger partial charge in [-0.05, 0) is 26.7 Å². The minimum atomic E-state index is -0.184. The van der Waals surface area contributed by atoms with E-state index in [1.54, 1.807) is 12.0 Å². The second-order valence-corrected chi connectivity index (χ2v) is 4.48. The Labute approximate surface area is 103 Å². The summed E-state index contributed by atoms with van der Waals surface area (Å²) >= 11 is 0. The lowest BCUT2D eigenvalue weighted by Gasteiger charge is -2.33.